The average molecular weight is 403 g/mol. The summed E-state index contributed by atoms with van der Waals surface area (Å²) in [6, 6.07) is 3.63. The molecule has 0 amide bonds. The topological polar surface area (TPSA) is 73.8 Å². The van der Waals surface area contributed by atoms with Gasteiger partial charge in [-0.05, 0) is 37.8 Å². The second-order valence-corrected chi connectivity index (χ2v) is 9.76. The molecule has 0 aliphatic carbocycles. The van der Waals surface area contributed by atoms with E-state index in [0.717, 1.165) is 43.3 Å². The fourth-order valence-corrected chi connectivity index (χ4v) is 5.37. The molecule has 0 atom stereocenters. The molecular weight excluding hydrogens is 368 g/mol. The first-order valence-electron chi connectivity index (χ1n) is 9.46. The maximum absolute atomic E-state index is 12.5. The highest BCUT2D eigenvalue weighted by Gasteiger charge is 2.23. The van der Waals surface area contributed by atoms with Gasteiger partial charge in [-0.1, -0.05) is 27.7 Å². The highest BCUT2D eigenvalue weighted by atomic mass is 32.2. The fourth-order valence-electron chi connectivity index (χ4n) is 2.40. The van der Waals surface area contributed by atoms with Gasteiger partial charge in [-0.25, -0.2) is 8.42 Å². The van der Waals surface area contributed by atoms with Crippen LogP contribution in [-0.4, -0.2) is 51.4 Å². The molecule has 0 saturated heterocycles. The van der Waals surface area contributed by atoms with Gasteiger partial charge >= 0.3 is 0 Å². The van der Waals surface area contributed by atoms with Crippen LogP contribution in [0, 0.1) is 5.92 Å². The number of hydrogen-bond acceptors (Lipinski definition) is 4. The van der Waals surface area contributed by atoms with Gasteiger partial charge in [0.15, 0.2) is 5.96 Å². The van der Waals surface area contributed by atoms with E-state index in [1.807, 2.05) is 26.8 Å². The van der Waals surface area contributed by atoms with Crippen LogP contribution in [0.4, 0.5) is 0 Å². The van der Waals surface area contributed by atoms with E-state index in [9.17, 15) is 8.42 Å². The molecule has 0 spiro atoms. The van der Waals surface area contributed by atoms with Gasteiger partial charge in [-0.15, -0.1) is 11.3 Å². The number of aliphatic imine (C=N–C) groups is 1. The van der Waals surface area contributed by atoms with Crippen molar-refractivity contribution >= 4 is 27.3 Å². The zero-order valence-electron chi connectivity index (χ0n) is 16.7. The molecule has 0 aliphatic heterocycles. The van der Waals surface area contributed by atoms with Gasteiger partial charge in [0.1, 0.15) is 4.21 Å². The molecule has 2 N–H and O–H groups in total. The van der Waals surface area contributed by atoms with Gasteiger partial charge in [0.25, 0.3) is 10.0 Å². The standard InChI is InChI=1S/C18H34N4O2S2/c1-6-19-18(20-13-11-15(4)5)21-14-12-16-9-10-17(25-16)26(23,24)22(7-2)8-3/h9-10,15H,6-8,11-14H2,1-5H3,(H2,19,20,21). The van der Waals surface area contributed by atoms with E-state index in [1.54, 1.807) is 6.07 Å². The molecular formula is C18H34N4O2S2. The Morgan fingerprint density at radius 1 is 1.19 bits per heavy atom. The second-order valence-electron chi connectivity index (χ2n) is 6.43. The number of sulfonamides is 1. The molecule has 6 nitrogen and oxygen atoms in total. The van der Waals surface area contributed by atoms with Crippen LogP contribution in [0.1, 0.15) is 45.9 Å². The molecule has 0 fully saturated rings. The summed E-state index contributed by atoms with van der Waals surface area (Å²) in [5.41, 5.74) is 0. The summed E-state index contributed by atoms with van der Waals surface area (Å²) in [7, 11) is -3.36. The third-order valence-electron chi connectivity index (χ3n) is 3.92. The molecule has 0 unspecified atom stereocenters. The van der Waals surface area contributed by atoms with Crippen molar-refractivity contribution in [2.45, 2.75) is 51.7 Å². The first-order chi connectivity index (χ1) is 12.3. The molecule has 0 radical (unpaired) electrons. The van der Waals surface area contributed by atoms with Crippen molar-refractivity contribution in [2.75, 3.05) is 32.7 Å². The summed E-state index contributed by atoms with van der Waals surface area (Å²) < 4.78 is 27.0. The fraction of sp³-hybridized carbons (Fsp3) is 0.722. The van der Waals surface area contributed by atoms with Crippen molar-refractivity contribution in [3.63, 3.8) is 0 Å². The summed E-state index contributed by atoms with van der Waals surface area (Å²) in [5.74, 6) is 1.46. The number of guanidine groups is 1. The summed E-state index contributed by atoms with van der Waals surface area (Å²) in [5, 5.41) is 6.56. The summed E-state index contributed by atoms with van der Waals surface area (Å²) >= 11 is 1.36. The van der Waals surface area contributed by atoms with E-state index in [4.69, 9.17) is 0 Å². The van der Waals surface area contributed by atoms with Gasteiger partial charge < -0.3 is 10.6 Å². The van der Waals surface area contributed by atoms with Crippen LogP contribution >= 0.6 is 11.3 Å². The third kappa shape index (κ3) is 7.25. The monoisotopic (exact) mass is 402 g/mol. The number of thiophene rings is 1. The lowest BCUT2D eigenvalue weighted by Crippen LogP contribution is -2.38. The molecule has 0 aliphatic rings. The zero-order chi connectivity index (χ0) is 19.6. The van der Waals surface area contributed by atoms with Crippen LogP contribution in [-0.2, 0) is 16.4 Å². The van der Waals surface area contributed by atoms with E-state index >= 15 is 0 Å². The second kappa shape index (κ2) is 11.6. The van der Waals surface area contributed by atoms with Gasteiger partial charge in [0.05, 0.1) is 0 Å². The Morgan fingerprint density at radius 3 is 2.46 bits per heavy atom. The van der Waals surface area contributed by atoms with Gasteiger partial charge in [0, 0.05) is 37.6 Å². The zero-order valence-corrected chi connectivity index (χ0v) is 18.3. The Morgan fingerprint density at radius 2 is 1.88 bits per heavy atom. The van der Waals surface area contributed by atoms with Crippen molar-refractivity contribution in [1.29, 1.82) is 0 Å². The molecule has 0 aromatic carbocycles. The molecule has 1 aromatic heterocycles. The molecule has 150 valence electrons. The summed E-state index contributed by atoms with van der Waals surface area (Å²) in [6.45, 7) is 13.5. The number of hydrogen-bond donors (Lipinski definition) is 2. The van der Waals surface area contributed by atoms with Crippen LogP contribution in [0.15, 0.2) is 21.3 Å². The highest BCUT2D eigenvalue weighted by molar-refractivity contribution is 7.91. The molecule has 1 rings (SSSR count). The summed E-state index contributed by atoms with van der Waals surface area (Å²) in [6.07, 6.45) is 1.83. The minimum absolute atomic E-state index is 0.425. The van der Waals surface area contributed by atoms with E-state index in [2.05, 4.69) is 29.5 Å². The molecule has 1 aromatic rings. The molecule has 0 saturated carbocycles. The van der Waals surface area contributed by atoms with Crippen LogP contribution in [0.3, 0.4) is 0 Å². The SMILES string of the molecule is CCNC(=NCCC(C)C)NCCc1ccc(S(=O)(=O)N(CC)CC)s1. The van der Waals surface area contributed by atoms with E-state index in [1.165, 1.54) is 15.6 Å². The van der Waals surface area contributed by atoms with Gasteiger partial charge in [0.2, 0.25) is 0 Å². The minimum Gasteiger partial charge on any atom is -0.357 e. The van der Waals surface area contributed by atoms with Crippen molar-refractivity contribution in [3.8, 4) is 0 Å². The smallest absolute Gasteiger partial charge is 0.252 e. The maximum Gasteiger partial charge on any atom is 0.252 e. The third-order valence-corrected chi connectivity index (χ3v) is 7.58. The Balaban J connectivity index is 2.61. The van der Waals surface area contributed by atoms with E-state index < -0.39 is 10.0 Å². The molecule has 8 heteroatoms. The maximum atomic E-state index is 12.5. The summed E-state index contributed by atoms with van der Waals surface area (Å²) in [4.78, 5) is 5.63. The van der Waals surface area contributed by atoms with Crippen molar-refractivity contribution < 1.29 is 8.42 Å². The quantitative estimate of drug-likeness (QED) is 0.441. The van der Waals surface area contributed by atoms with Crippen LogP contribution in [0.5, 0.6) is 0 Å². The largest absolute Gasteiger partial charge is 0.357 e. The van der Waals surface area contributed by atoms with Crippen molar-refractivity contribution in [1.82, 2.24) is 14.9 Å². The number of rotatable bonds is 11. The van der Waals surface area contributed by atoms with Gasteiger partial charge in [-0.2, -0.15) is 4.31 Å². The predicted molar refractivity (Wildman–Crippen MR) is 112 cm³/mol. The van der Waals surface area contributed by atoms with Crippen LogP contribution in [0.2, 0.25) is 0 Å². The molecule has 1 heterocycles. The predicted octanol–water partition coefficient (Wildman–Crippen LogP) is 2.92. The minimum atomic E-state index is -3.36. The molecule has 26 heavy (non-hydrogen) atoms. The normalized spacial score (nSPS) is 12.8. The average Bonchev–Trinajstić information content (AvgIpc) is 3.05. The Hall–Kier alpha value is -1.12. The van der Waals surface area contributed by atoms with Crippen molar-refractivity contribution in [2.24, 2.45) is 10.9 Å². The Bertz CT molecular complexity index is 650. The van der Waals surface area contributed by atoms with E-state index in [0.29, 0.717) is 23.2 Å². The Kier molecular flexibility index (Phi) is 10.2. The Labute approximate surface area is 163 Å². The van der Waals surface area contributed by atoms with E-state index in [-0.39, 0.29) is 0 Å². The lowest BCUT2D eigenvalue weighted by atomic mass is 10.1. The van der Waals surface area contributed by atoms with Gasteiger partial charge in [-0.3, -0.25) is 4.99 Å². The number of nitrogens with zero attached hydrogens (tertiary/aromatic N) is 2. The van der Waals surface area contributed by atoms with Crippen LogP contribution in [0.25, 0.3) is 0 Å². The first kappa shape index (κ1) is 22.9. The lowest BCUT2D eigenvalue weighted by molar-refractivity contribution is 0.447. The number of nitrogens with one attached hydrogen (secondary N) is 2. The van der Waals surface area contributed by atoms with Crippen LogP contribution < -0.4 is 10.6 Å². The first-order valence-corrected chi connectivity index (χ1v) is 11.7. The van der Waals surface area contributed by atoms with Crippen molar-refractivity contribution in [3.05, 3.63) is 17.0 Å². The molecule has 0 bridgehead atoms. The highest BCUT2D eigenvalue weighted by Crippen LogP contribution is 2.25. The lowest BCUT2D eigenvalue weighted by Gasteiger charge is -2.16.